The van der Waals surface area contributed by atoms with E-state index in [1.807, 2.05) is 6.92 Å². The lowest BCUT2D eigenvalue weighted by molar-refractivity contribution is 0.194. The Hall–Kier alpha value is -0.860. The summed E-state index contributed by atoms with van der Waals surface area (Å²) in [5.41, 5.74) is 8.49. The molecule has 1 fully saturated rings. The number of nitrogens with two attached hydrogens (primary N) is 1. The highest BCUT2D eigenvalue weighted by molar-refractivity contribution is 5.26. The molecule has 1 aromatic rings. The number of benzene rings is 1. The van der Waals surface area contributed by atoms with E-state index in [4.69, 9.17) is 10.5 Å². The van der Waals surface area contributed by atoms with Crippen LogP contribution in [0.4, 0.5) is 0 Å². The summed E-state index contributed by atoms with van der Waals surface area (Å²) in [6, 6.07) is 9.06. The van der Waals surface area contributed by atoms with Gasteiger partial charge in [-0.15, -0.1) is 0 Å². The van der Waals surface area contributed by atoms with Crippen LogP contribution in [0.25, 0.3) is 0 Å². The normalized spacial score (nSPS) is 22.9. The molecule has 2 atom stereocenters. The fourth-order valence-corrected chi connectivity index (χ4v) is 2.10. The van der Waals surface area contributed by atoms with Crippen molar-refractivity contribution in [2.24, 2.45) is 5.73 Å². The van der Waals surface area contributed by atoms with Gasteiger partial charge in [-0.2, -0.15) is 0 Å². The van der Waals surface area contributed by atoms with Crippen LogP contribution in [0.2, 0.25) is 0 Å². The molecule has 2 rings (SSSR count). The third kappa shape index (κ3) is 2.80. The van der Waals surface area contributed by atoms with Crippen LogP contribution in [0.1, 0.15) is 30.4 Å². The van der Waals surface area contributed by atoms with Crippen LogP contribution >= 0.6 is 0 Å². The number of hydrogen-bond acceptors (Lipinski definition) is 2. The molecule has 0 radical (unpaired) electrons. The second-order valence-corrected chi connectivity index (χ2v) is 4.48. The van der Waals surface area contributed by atoms with E-state index >= 15 is 0 Å². The van der Waals surface area contributed by atoms with Crippen molar-refractivity contribution in [1.82, 2.24) is 0 Å². The maximum absolute atomic E-state index is 5.76. The Morgan fingerprint density at radius 3 is 2.67 bits per heavy atom. The Balaban J connectivity index is 2.03. The van der Waals surface area contributed by atoms with E-state index in [2.05, 4.69) is 24.3 Å². The van der Waals surface area contributed by atoms with Crippen molar-refractivity contribution in [3.8, 4) is 0 Å². The lowest BCUT2D eigenvalue weighted by atomic mass is 9.96. The van der Waals surface area contributed by atoms with Crippen LogP contribution in [-0.4, -0.2) is 19.3 Å². The molecule has 2 nitrogen and oxygen atoms in total. The minimum atomic E-state index is 0.241. The molecule has 0 bridgehead atoms. The summed E-state index contributed by atoms with van der Waals surface area (Å²) in [5.74, 6) is 0.606. The van der Waals surface area contributed by atoms with Crippen molar-refractivity contribution in [3.05, 3.63) is 35.4 Å². The Bertz CT molecular complexity index is 299. The summed E-state index contributed by atoms with van der Waals surface area (Å²) < 4.78 is 5.39. The lowest BCUT2D eigenvalue weighted by Gasteiger charge is -2.10. The van der Waals surface area contributed by atoms with Crippen molar-refractivity contribution in [2.75, 3.05) is 13.2 Å². The van der Waals surface area contributed by atoms with Gasteiger partial charge in [-0.25, -0.2) is 0 Å². The summed E-state index contributed by atoms with van der Waals surface area (Å²) in [6.07, 6.45) is 2.12. The predicted molar refractivity (Wildman–Crippen MR) is 62.0 cm³/mol. The second kappa shape index (κ2) is 4.77. The van der Waals surface area contributed by atoms with Gasteiger partial charge in [0.15, 0.2) is 0 Å². The highest BCUT2D eigenvalue weighted by Gasteiger charge is 2.17. The zero-order valence-electron chi connectivity index (χ0n) is 9.28. The van der Waals surface area contributed by atoms with Crippen molar-refractivity contribution in [1.29, 1.82) is 0 Å². The smallest absolute Gasteiger partial charge is 0.0535 e. The number of ether oxygens (including phenoxy) is 1. The van der Waals surface area contributed by atoms with E-state index in [9.17, 15) is 0 Å². The van der Waals surface area contributed by atoms with Gasteiger partial charge in [0.25, 0.3) is 0 Å². The monoisotopic (exact) mass is 205 g/mol. The molecule has 0 saturated carbocycles. The van der Waals surface area contributed by atoms with Gasteiger partial charge in [-0.05, 0) is 30.9 Å². The molecule has 0 aromatic heterocycles. The van der Waals surface area contributed by atoms with Crippen LogP contribution in [0.3, 0.4) is 0 Å². The molecule has 1 heterocycles. The van der Waals surface area contributed by atoms with E-state index in [1.165, 1.54) is 11.1 Å². The first-order valence-corrected chi connectivity index (χ1v) is 5.68. The third-order valence-electron chi connectivity index (χ3n) is 2.94. The zero-order chi connectivity index (χ0) is 10.7. The number of hydrogen-bond donors (Lipinski definition) is 1. The summed E-state index contributed by atoms with van der Waals surface area (Å²) >= 11 is 0. The van der Waals surface area contributed by atoms with Crippen LogP contribution < -0.4 is 5.73 Å². The van der Waals surface area contributed by atoms with Gasteiger partial charge in [0.2, 0.25) is 0 Å². The highest BCUT2D eigenvalue weighted by atomic mass is 16.5. The molecule has 82 valence electrons. The van der Waals surface area contributed by atoms with Gasteiger partial charge in [0.05, 0.1) is 6.61 Å². The Labute approximate surface area is 91.4 Å². The maximum atomic E-state index is 5.76. The molecule has 2 unspecified atom stereocenters. The largest absolute Gasteiger partial charge is 0.381 e. The van der Waals surface area contributed by atoms with Crippen LogP contribution in [-0.2, 0) is 11.2 Å². The topological polar surface area (TPSA) is 35.2 Å². The van der Waals surface area contributed by atoms with Gasteiger partial charge >= 0.3 is 0 Å². The zero-order valence-corrected chi connectivity index (χ0v) is 9.28. The summed E-state index contributed by atoms with van der Waals surface area (Å²) in [6.45, 7) is 3.83. The molecule has 2 heteroatoms. The average molecular weight is 205 g/mol. The summed E-state index contributed by atoms with van der Waals surface area (Å²) in [5, 5.41) is 0. The Morgan fingerprint density at radius 2 is 2.13 bits per heavy atom. The lowest BCUT2D eigenvalue weighted by Crippen LogP contribution is -2.17. The SMILES string of the molecule is CC(N)Cc1ccc(C2CCOC2)cc1. The standard InChI is InChI=1S/C13H19NO/c1-10(14)8-11-2-4-12(5-3-11)13-6-7-15-9-13/h2-5,10,13H,6-9,14H2,1H3. The molecule has 15 heavy (non-hydrogen) atoms. The maximum Gasteiger partial charge on any atom is 0.0535 e. The van der Waals surface area contributed by atoms with Gasteiger partial charge in [0, 0.05) is 18.6 Å². The third-order valence-corrected chi connectivity index (χ3v) is 2.94. The molecule has 0 aliphatic carbocycles. The van der Waals surface area contributed by atoms with E-state index in [0.29, 0.717) is 5.92 Å². The van der Waals surface area contributed by atoms with E-state index in [1.54, 1.807) is 0 Å². The van der Waals surface area contributed by atoms with Crippen LogP contribution in [0, 0.1) is 0 Å². The van der Waals surface area contributed by atoms with E-state index in [0.717, 1.165) is 26.1 Å². The quantitative estimate of drug-likeness (QED) is 0.820. The molecule has 1 saturated heterocycles. The van der Waals surface area contributed by atoms with Gasteiger partial charge < -0.3 is 10.5 Å². The van der Waals surface area contributed by atoms with E-state index in [-0.39, 0.29) is 6.04 Å². The second-order valence-electron chi connectivity index (χ2n) is 4.48. The average Bonchev–Trinajstić information content (AvgIpc) is 2.71. The van der Waals surface area contributed by atoms with Gasteiger partial charge in [0.1, 0.15) is 0 Å². The minimum absolute atomic E-state index is 0.241. The number of rotatable bonds is 3. The Morgan fingerprint density at radius 1 is 1.40 bits per heavy atom. The molecule has 1 aliphatic heterocycles. The van der Waals surface area contributed by atoms with Gasteiger partial charge in [-0.1, -0.05) is 24.3 Å². The molecular formula is C13H19NO. The molecule has 0 spiro atoms. The first kappa shape index (κ1) is 10.7. The summed E-state index contributed by atoms with van der Waals surface area (Å²) in [7, 11) is 0. The summed E-state index contributed by atoms with van der Waals surface area (Å²) in [4.78, 5) is 0. The van der Waals surface area contributed by atoms with Crippen molar-refractivity contribution in [2.45, 2.75) is 31.7 Å². The molecule has 0 amide bonds. The fraction of sp³-hybridized carbons (Fsp3) is 0.538. The van der Waals surface area contributed by atoms with Crippen molar-refractivity contribution < 1.29 is 4.74 Å². The van der Waals surface area contributed by atoms with E-state index < -0.39 is 0 Å². The van der Waals surface area contributed by atoms with Crippen molar-refractivity contribution >= 4 is 0 Å². The van der Waals surface area contributed by atoms with Crippen molar-refractivity contribution in [3.63, 3.8) is 0 Å². The molecule has 2 N–H and O–H groups in total. The van der Waals surface area contributed by atoms with Crippen LogP contribution in [0.15, 0.2) is 24.3 Å². The molecule has 1 aromatic carbocycles. The highest BCUT2D eigenvalue weighted by Crippen LogP contribution is 2.25. The fourth-order valence-electron chi connectivity index (χ4n) is 2.10. The molecule has 1 aliphatic rings. The van der Waals surface area contributed by atoms with Crippen LogP contribution in [0.5, 0.6) is 0 Å². The minimum Gasteiger partial charge on any atom is -0.381 e. The molecular weight excluding hydrogens is 186 g/mol. The van der Waals surface area contributed by atoms with Gasteiger partial charge in [-0.3, -0.25) is 0 Å². The Kier molecular flexibility index (Phi) is 3.39. The predicted octanol–water partition coefficient (Wildman–Crippen LogP) is 2.08. The first-order valence-electron chi connectivity index (χ1n) is 5.68. The first-order chi connectivity index (χ1) is 7.25.